The summed E-state index contributed by atoms with van der Waals surface area (Å²) in [5.41, 5.74) is 6.83. The van der Waals surface area contributed by atoms with Crippen LogP contribution < -0.4 is 0 Å². The van der Waals surface area contributed by atoms with Crippen molar-refractivity contribution in [2.45, 2.75) is 6.10 Å². The summed E-state index contributed by atoms with van der Waals surface area (Å²) < 4.78 is 0. The molecule has 0 saturated heterocycles. The highest BCUT2D eigenvalue weighted by Gasteiger charge is 2.43. The summed E-state index contributed by atoms with van der Waals surface area (Å²) in [6, 6.07) is 39.8. The third-order valence-electron chi connectivity index (χ3n) is 5.81. The first kappa shape index (κ1) is 19.9. The predicted molar refractivity (Wildman–Crippen MR) is 129 cm³/mol. The van der Waals surface area contributed by atoms with E-state index in [-0.39, 0.29) is 5.78 Å². The minimum absolute atomic E-state index is 0.243. The molecule has 1 unspecified atom stereocenters. The van der Waals surface area contributed by atoms with E-state index in [1.165, 1.54) is 0 Å². The van der Waals surface area contributed by atoms with E-state index in [0.717, 1.165) is 33.4 Å². The lowest BCUT2D eigenvalue weighted by molar-refractivity contribution is -0.124. The molecule has 154 valence electrons. The maximum absolute atomic E-state index is 13.2. The van der Waals surface area contributed by atoms with Gasteiger partial charge in [-0.2, -0.15) is 0 Å². The summed E-state index contributed by atoms with van der Waals surface area (Å²) in [6.07, 6.45) is -1.15. The molecular formula is C30H22O2. The van der Waals surface area contributed by atoms with Gasteiger partial charge in [0.1, 0.15) is 6.10 Å². The molecule has 2 heteroatoms. The largest absolute Gasteiger partial charge is 0.380 e. The first-order valence-corrected chi connectivity index (χ1v) is 10.7. The standard InChI is InChI=1S/C30H22O2/c31-29-27(25(21-13-5-1-6-14-21)22-15-7-2-8-16-22)28(30(29)32)26(23-17-9-3-10-18-23)24-19-11-4-12-20-24/h1-20,29,31H. The van der Waals surface area contributed by atoms with E-state index >= 15 is 0 Å². The fourth-order valence-corrected chi connectivity index (χ4v) is 4.33. The molecule has 0 spiro atoms. The van der Waals surface area contributed by atoms with Crippen LogP contribution in [0.25, 0.3) is 11.1 Å². The van der Waals surface area contributed by atoms with Crippen LogP contribution in [0.3, 0.4) is 0 Å². The number of benzene rings is 4. The third kappa shape index (κ3) is 3.51. The summed E-state index contributed by atoms with van der Waals surface area (Å²) in [5.74, 6) is -0.243. The molecule has 2 nitrogen and oxygen atoms in total. The first-order chi connectivity index (χ1) is 15.8. The minimum atomic E-state index is -1.15. The zero-order valence-electron chi connectivity index (χ0n) is 17.5. The van der Waals surface area contributed by atoms with Crippen LogP contribution in [0.1, 0.15) is 22.3 Å². The van der Waals surface area contributed by atoms with Crippen LogP contribution in [-0.2, 0) is 4.79 Å². The number of hydrogen-bond donors (Lipinski definition) is 1. The molecule has 0 bridgehead atoms. The van der Waals surface area contributed by atoms with Gasteiger partial charge in [-0.05, 0) is 27.8 Å². The van der Waals surface area contributed by atoms with E-state index in [1.54, 1.807) is 0 Å². The molecule has 0 amide bonds. The molecule has 1 aliphatic rings. The van der Waals surface area contributed by atoms with Crippen molar-refractivity contribution in [1.82, 2.24) is 0 Å². The van der Waals surface area contributed by atoms with E-state index in [0.29, 0.717) is 11.1 Å². The topological polar surface area (TPSA) is 37.3 Å². The molecule has 0 aliphatic heterocycles. The van der Waals surface area contributed by atoms with Crippen LogP contribution in [0.15, 0.2) is 132 Å². The zero-order chi connectivity index (χ0) is 21.9. The Labute approximate surface area is 187 Å². The van der Waals surface area contributed by atoms with Crippen molar-refractivity contribution in [3.8, 4) is 0 Å². The van der Waals surface area contributed by atoms with Gasteiger partial charge >= 0.3 is 0 Å². The maximum Gasteiger partial charge on any atom is 0.196 e. The molecule has 1 fully saturated rings. The number of aliphatic hydroxyl groups is 1. The second kappa shape index (κ2) is 8.62. The Morgan fingerprint density at radius 3 is 1.16 bits per heavy atom. The Morgan fingerprint density at radius 2 is 0.812 bits per heavy atom. The molecule has 0 aromatic heterocycles. The van der Waals surface area contributed by atoms with Crippen LogP contribution in [-0.4, -0.2) is 17.0 Å². The predicted octanol–water partition coefficient (Wildman–Crippen LogP) is 5.93. The van der Waals surface area contributed by atoms with Gasteiger partial charge in [-0.25, -0.2) is 0 Å². The highest BCUT2D eigenvalue weighted by Crippen LogP contribution is 2.45. The van der Waals surface area contributed by atoms with Crippen molar-refractivity contribution >= 4 is 16.9 Å². The van der Waals surface area contributed by atoms with Crippen molar-refractivity contribution < 1.29 is 9.90 Å². The van der Waals surface area contributed by atoms with E-state index < -0.39 is 6.10 Å². The molecule has 1 aliphatic carbocycles. The van der Waals surface area contributed by atoms with Gasteiger partial charge in [0.05, 0.1) is 0 Å². The second-order valence-electron chi connectivity index (χ2n) is 7.77. The summed E-state index contributed by atoms with van der Waals surface area (Å²) >= 11 is 0. The normalized spacial score (nSPS) is 15.3. The lowest BCUT2D eigenvalue weighted by Gasteiger charge is -2.33. The van der Waals surface area contributed by atoms with E-state index in [9.17, 15) is 9.90 Å². The lowest BCUT2D eigenvalue weighted by atomic mass is 9.70. The molecule has 4 aromatic carbocycles. The average Bonchev–Trinajstić information content (AvgIpc) is 2.88. The number of aliphatic hydroxyl groups excluding tert-OH is 1. The average molecular weight is 415 g/mol. The zero-order valence-corrected chi connectivity index (χ0v) is 17.5. The molecule has 1 N–H and O–H groups in total. The van der Waals surface area contributed by atoms with Gasteiger partial charge < -0.3 is 5.11 Å². The quantitative estimate of drug-likeness (QED) is 0.420. The van der Waals surface area contributed by atoms with Crippen molar-refractivity contribution in [2.24, 2.45) is 0 Å². The van der Waals surface area contributed by atoms with Gasteiger partial charge in [-0.1, -0.05) is 121 Å². The Kier molecular flexibility index (Phi) is 5.37. The Bertz CT molecular complexity index is 1220. The smallest absolute Gasteiger partial charge is 0.196 e. The number of ketones is 1. The molecule has 0 radical (unpaired) electrons. The SMILES string of the molecule is O=C1C(=C(c2ccccc2)c2ccccc2)C(=C(c2ccccc2)c2ccccc2)C1O. The van der Waals surface area contributed by atoms with Crippen LogP contribution in [0.4, 0.5) is 0 Å². The second-order valence-corrected chi connectivity index (χ2v) is 7.77. The van der Waals surface area contributed by atoms with Crippen molar-refractivity contribution in [3.05, 3.63) is 155 Å². The maximum atomic E-state index is 13.2. The van der Waals surface area contributed by atoms with Gasteiger partial charge in [0.2, 0.25) is 0 Å². The molecule has 4 aromatic rings. The van der Waals surface area contributed by atoms with E-state index in [1.807, 2.05) is 121 Å². The summed E-state index contributed by atoms with van der Waals surface area (Å²) in [5, 5.41) is 10.9. The summed E-state index contributed by atoms with van der Waals surface area (Å²) in [4.78, 5) is 13.2. The van der Waals surface area contributed by atoms with Crippen molar-refractivity contribution in [1.29, 1.82) is 0 Å². The van der Waals surface area contributed by atoms with Crippen molar-refractivity contribution in [2.75, 3.05) is 0 Å². The highest BCUT2D eigenvalue weighted by atomic mass is 16.3. The third-order valence-corrected chi connectivity index (χ3v) is 5.81. The van der Waals surface area contributed by atoms with Crippen LogP contribution in [0, 0.1) is 0 Å². The van der Waals surface area contributed by atoms with Gasteiger partial charge in [0.15, 0.2) is 5.78 Å². The fraction of sp³-hybridized carbons (Fsp3) is 0.0333. The van der Waals surface area contributed by atoms with E-state index in [4.69, 9.17) is 0 Å². The number of carbonyl (C=O) groups excluding carboxylic acids is 1. The highest BCUT2D eigenvalue weighted by molar-refractivity contribution is 6.23. The molecule has 32 heavy (non-hydrogen) atoms. The van der Waals surface area contributed by atoms with Crippen LogP contribution >= 0.6 is 0 Å². The number of rotatable bonds is 4. The van der Waals surface area contributed by atoms with Crippen molar-refractivity contribution in [3.63, 3.8) is 0 Å². The first-order valence-electron chi connectivity index (χ1n) is 10.7. The Morgan fingerprint density at radius 1 is 0.500 bits per heavy atom. The molecule has 0 heterocycles. The number of carbonyl (C=O) groups is 1. The minimum Gasteiger partial charge on any atom is -0.380 e. The fourth-order valence-electron chi connectivity index (χ4n) is 4.33. The van der Waals surface area contributed by atoms with Gasteiger partial charge in [0, 0.05) is 16.7 Å². The molecular weight excluding hydrogens is 392 g/mol. The van der Waals surface area contributed by atoms with Gasteiger partial charge in [0.25, 0.3) is 0 Å². The molecule has 1 saturated carbocycles. The summed E-state index contributed by atoms with van der Waals surface area (Å²) in [6.45, 7) is 0. The Hall–Kier alpha value is -4.01. The van der Waals surface area contributed by atoms with Gasteiger partial charge in [-0.15, -0.1) is 0 Å². The lowest BCUT2D eigenvalue weighted by Crippen LogP contribution is -2.40. The van der Waals surface area contributed by atoms with Crippen LogP contribution in [0.5, 0.6) is 0 Å². The molecule has 5 rings (SSSR count). The summed E-state index contributed by atoms with van der Waals surface area (Å²) in [7, 11) is 0. The number of hydrogen-bond acceptors (Lipinski definition) is 2. The number of Topliss-reactive ketones (excluding diaryl/α,β-unsaturated/α-hetero) is 1. The monoisotopic (exact) mass is 414 g/mol. The van der Waals surface area contributed by atoms with Gasteiger partial charge in [-0.3, -0.25) is 4.79 Å². The van der Waals surface area contributed by atoms with Crippen LogP contribution in [0.2, 0.25) is 0 Å². The Balaban J connectivity index is 1.87. The molecule has 1 atom stereocenters. The van der Waals surface area contributed by atoms with E-state index in [2.05, 4.69) is 0 Å².